The topological polar surface area (TPSA) is 34.2 Å². The minimum Gasteiger partial charge on any atom is -0.464 e. The molecule has 0 fully saturated rings. The van der Waals surface area contributed by atoms with E-state index < -0.39 is 18.0 Å². The van der Waals surface area contributed by atoms with Crippen molar-refractivity contribution in [1.82, 2.24) is 4.98 Å². The van der Waals surface area contributed by atoms with Crippen molar-refractivity contribution >= 4 is 17.3 Å². The van der Waals surface area contributed by atoms with Crippen LogP contribution in [-0.2, 0) is 6.18 Å². The van der Waals surface area contributed by atoms with Gasteiger partial charge in [-0.2, -0.15) is 13.2 Å². The summed E-state index contributed by atoms with van der Waals surface area (Å²) in [6, 6.07) is 4.94. The molecule has 1 aliphatic heterocycles. The van der Waals surface area contributed by atoms with Crippen molar-refractivity contribution < 1.29 is 17.9 Å². The Bertz CT molecular complexity index is 660. The molecule has 2 aromatic rings. The Morgan fingerprint density at radius 2 is 2.05 bits per heavy atom. The number of benzene rings is 1. The highest BCUT2D eigenvalue weighted by Gasteiger charge is 2.33. The zero-order chi connectivity index (χ0) is 14.3. The average Bonchev–Trinajstić information content (AvgIpc) is 2.80. The molecule has 3 nitrogen and oxygen atoms in total. The van der Waals surface area contributed by atoms with Crippen LogP contribution < -0.4 is 10.1 Å². The Balaban J connectivity index is 1.91. The van der Waals surface area contributed by atoms with Crippen LogP contribution >= 0.6 is 11.6 Å². The van der Waals surface area contributed by atoms with E-state index in [-0.39, 0.29) is 5.69 Å². The van der Waals surface area contributed by atoms with Gasteiger partial charge in [0.25, 0.3) is 0 Å². The molecule has 0 bridgehead atoms. The largest absolute Gasteiger partial charge is 0.464 e. The van der Waals surface area contributed by atoms with Gasteiger partial charge in [0.05, 0.1) is 16.3 Å². The van der Waals surface area contributed by atoms with E-state index in [2.05, 4.69) is 10.3 Å². The molecule has 1 aliphatic rings. The summed E-state index contributed by atoms with van der Waals surface area (Å²) in [6.07, 6.45) is -2.02. The van der Waals surface area contributed by atoms with Crippen LogP contribution in [0, 0.1) is 0 Å². The summed E-state index contributed by atoms with van der Waals surface area (Å²) < 4.78 is 43.5. The van der Waals surface area contributed by atoms with E-state index in [4.69, 9.17) is 16.3 Å². The molecule has 1 unspecified atom stereocenters. The van der Waals surface area contributed by atoms with Crippen molar-refractivity contribution in [3.05, 3.63) is 52.8 Å². The number of rotatable bonds is 1. The van der Waals surface area contributed by atoms with Gasteiger partial charge < -0.3 is 10.1 Å². The molecule has 1 atom stereocenters. The molecule has 0 saturated carbocycles. The fraction of sp³-hybridized carbons (Fsp3) is 0.154. The number of fused-ring (bicyclic) bond motifs is 1. The van der Waals surface area contributed by atoms with Crippen LogP contribution in [0.2, 0.25) is 5.02 Å². The Kier molecular flexibility index (Phi) is 2.97. The lowest BCUT2D eigenvalue weighted by Gasteiger charge is -2.12. The number of ether oxygens (including phenoxy) is 1. The van der Waals surface area contributed by atoms with E-state index in [0.717, 1.165) is 12.1 Å². The fourth-order valence-corrected chi connectivity index (χ4v) is 2.18. The standard InChI is InChI=1S/C13H8ClF3N2O/c14-9-6-18-4-3-8(9)12-19-10-5-7(13(15,16)17)1-2-11(10)20-12/h1-6,12,19H. The maximum absolute atomic E-state index is 12.6. The summed E-state index contributed by atoms with van der Waals surface area (Å²) in [7, 11) is 0. The maximum Gasteiger partial charge on any atom is 0.416 e. The van der Waals surface area contributed by atoms with Gasteiger partial charge in [-0.05, 0) is 24.3 Å². The van der Waals surface area contributed by atoms with Crippen molar-refractivity contribution in [2.24, 2.45) is 0 Å². The molecule has 0 saturated heterocycles. The normalized spacial score (nSPS) is 17.3. The quantitative estimate of drug-likeness (QED) is 0.854. The zero-order valence-electron chi connectivity index (χ0n) is 9.91. The maximum atomic E-state index is 12.6. The van der Waals surface area contributed by atoms with Gasteiger partial charge in [-0.25, -0.2) is 0 Å². The summed E-state index contributed by atoms with van der Waals surface area (Å²) in [6.45, 7) is 0. The van der Waals surface area contributed by atoms with E-state index >= 15 is 0 Å². The summed E-state index contributed by atoms with van der Waals surface area (Å²) in [5.74, 6) is 0.357. The van der Waals surface area contributed by atoms with E-state index in [1.54, 1.807) is 6.07 Å². The van der Waals surface area contributed by atoms with E-state index in [9.17, 15) is 13.2 Å². The summed E-state index contributed by atoms with van der Waals surface area (Å²) in [5.41, 5.74) is 0.179. The molecule has 0 aliphatic carbocycles. The third kappa shape index (κ3) is 2.27. The molecule has 1 aromatic carbocycles. The van der Waals surface area contributed by atoms with Crippen molar-refractivity contribution in [2.45, 2.75) is 12.4 Å². The average molecular weight is 301 g/mol. The highest BCUT2D eigenvalue weighted by Crippen LogP contribution is 2.42. The van der Waals surface area contributed by atoms with Crippen LogP contribution in [0.4, 0.5) is 18.9 Å². The second kappa shape index (κ2) is 4.56. The summed E-state index contributed by atoms with van der Waals surface area (Å²) >= 11 is 5.99. The highest BCUT2D eigenvalue weighted by atomic mass is 35.5. The van der Waals surface area contributed by atoms with Crippen LogP contribution in [0.3, 0.4) is 0 Å². The Morgan fingerprint density at radius 1 is 1.25 bits per heavy atom. The lowest BCUT2D eigenvalue weighted by Crippen LogP contribution is -2.10. The molecule has 3 rings (SSSR count). The number of aromatic nitrogens is 1. The van der Waals surface area contributed by atoms with Gasteiger partial charge in [-0.15, -0.1) is 0 Å². The molecular formula is C13H8ClF3N2O. The fourth-order valence-electron chi connectivity index (χ4n) is 1.96. The molecule has 2 heterocycles. The first-order valence-electron chi connectivity index (χ1n) is 5.69. The lowest BCUT2D eigenvalue weighted by atomic mass is 10.2. The van der Waals surface area contributed by atoms with Crippen LogP contribution in [0.1, 0.15) is 17.4 Å². The molecule has 20 heavy (non-hydrogen) atoms. The third-order valence-electron chi connectivity index (χ3n) is 2.92. The number of hydrogen-bond acceptors (Lipinski definition) is 3. The van der Waals surface area contributed by atoms with Crippen molar-refractivity contribution in [1.29, 1.82) is 0 Å². The van der Waals surface area contributed by atoms with Crippen molar-refractivity contribution in [2.75, 3.05) is 5.32 Å². The van der Waals surface area contributed by atoms with Gasteiger partial charge in [-0.3, -0.25) is 4.98 Å². The lowest BCUT2D eigenvalue weighted by molar-refractivity contribution is -0.137. The summed E-state index contributed by atoms with van der Waals surface area (Å²) in [4.78, 5) is 3.85. The van der Waals surface area contributed by atoms with Crippen molar-refractivity contribution in [3.63, 3.8) is 0 Å². The van der Waals surface area contributed by atoms with Crippen LogP contribution in [0.15, 0.2) is 36.7 Å². The van der Waals surface area contributed by atoms with E-state index in [0.29, 0.717) is 16.3 Å². The van der Waals surface area contributed by atoms with Crippen LogP contribution in [-0.4, -0.2) is 4.98 Å². The second-order valence-corrected chi connectivity index (χ2v) is 4.66. The molecular weight excluding hydrogens is 293 g/mol. The van der Waals surface area contributed by atoms with E-state index in [1.807, 2.05) is 0 Å². The molecule has 0 radical (unpaired) electrons. The predicted molar refractivity (Wildman–Crippen MR) is 67.7 cm³/mol. The number of nitrogens with one attached hydrogen (secondary N) is 1. The molecule has 7 heteroatoms. The van der Waals surface area contributed by atoms with Gasteiger partial charge in [0, 0.05) is 18.0 Å². The number of nitrogens with zero attached hydrogens (tertiary/aromatic N) is 1. The first-order chi connectivity index (χ1) is 9.45. The minimum absolute atomic E-state index is 0.290. The Labute approximate surface area is 117 Å². The van der Waals surface area contributed by atoms with Gasteiger partial charge in [-0.1, -0.05) is 11.6 Å². The first kappa shape index (κ1) is 13.1. The molecule has 0 spiro atoms. The first-order valence-corrected chi connectivity index (χ1v) is 6.07. The number of halogens is 4. The van der Waals surface area contributed by atoms with Gasteiger partial charge in [0.2, 0.25) is 0 Å². The molecule has 1 aromatic heterocycles. The number of pyridine rings is 1. The number of hydrogen-bond donors (Lipinski definition) is 1. The molecule has 1 N–H and O–H groups in total. The molecule has 0 amide bonds. The van der Waals surface area contributed by atoms with Gasteiger partial charge >= 0.3 is 6.18 Å². The smallest absolute Gasteiger partial charge is 0.416 e. The van der Waals surface area contributed by atoms with Crippen molar-refractivity contribution in [3.8, 4) is 5.75 Å². The number of alkyl halides is 3. The minimum atomic E-state index is -4.39. The van der Waals surface area contributed by atoms with Gasteiger partial charge in [0.15, 0.2) is 6.23 Å². The highest BCUT2D eigenvalue weighted by molar-refractivity contribution is 6.31. The van der Waals surface area contributed by atoms with E-state index in [1.165, 1.54) is 18.5 Å². The monoisotopic (exact) mass is 300 g/mol. The Hall–Kier alpha value is -1.95. The SMILES string of the molecule is FC(F)(F)c1ccc2c(c1)NC(c1ccncc1Cl)O2. The summed E-state index contributed by atoms with van der Waals surface area (Å²) in [5, 5.41) is 3.25. The number of anilines is 1. The van der Waals surface area contributed by atoms with Crippen LogP contribution in [0.5, 0.6) is 5.75 Å². The van der Waals surface area contributed by atoms with Crippen LogP contribution in [0.25, 0.3) is 0 Å². The predicted octanol–water partition coefficient (Wildman–Crippen LogP) is 4.26. The zero-order valence-corrected chi connectivity index (χ0v) is 10.7. The van der Waals surface area contributed by atoms with Gasteiger partial charge in [0.1, 0.15) is 5.75 Å². The molecule has 104 valence electrons. The third-order valence-corrected chi connectivity index (χ3v) is 3.24. The Morgan fingerprint density at radius 3 is 2.75 bits per heavy atom. The second-order valence-electron chi connectivity index (χ2n) is 4.25.